The number of rotatable bonds is 7. The van der Waals surface area contributed by atoms with E-state index in [9.17, 15) is 0 Å². The maximum absolute atomic E-state index is 3.44. The summed E-state index contributed by atoms with van der Waals surface area (Å²) in [5.74, 6) is 1.14. The van der Waals surface area contributed by atoms with Crippen LogP contribution in [0.4, 0.5) is 0 Å². The second-order valence-corrected chi connectivity index (χ2v) is 5.38. The average Bonchev–Trinajstić information content (AvgIpc) is 2.25. The molecule has 0 aliphatic rings. The number of nitrogens with zero attached hydrogens (tertiary/aromatic N) is 1. The molecular weight excluding hydrogens is 216 g/mol. The Labute approximate surface area is 103 Å². The quantitative estimate of drug-likeness (QED) is 0.579. The van der Waals surface area contributed by atoms with Gasteiger partial charge in [-0.15, -0.1) is 11.8 Å². The highest BCUT2D eigenvalue weighted by atomic mass is 32.2. The number of hydrogen-bond acceptors (Lipinski definition) is 3. The lowest BCUT2D eigenvalue weighted by molar-refractivity contribution is 0.403. The molecule has 0 heterocycles. The normalized spacial score (nSPS) is 11.0. The summed E-state index contributed by atoms with van der Waals surface area (Å²) in [6.07, 6.45) is 0. The molecule has 16 heavy (non-hydrogen) atoms. The van der Waals surface area contributed by atoms with Crippen molar-refractivity contribution in [3.63, 3.8) is 0 Å². The van der Waals surface area contributed by atoms with E-state index in [0.717, 1.165) is 25.4 Å². The second kappa shape index (κ2) is 7.71. The van der Waals surface area contributed by atoms with Crippen LogP contribution in [0.2, 0.25) is 0 Å². The zero-order valence-electron chi connectivity index (χ0n) is 10.5. The Morgan fingerprint density at radius 1 is 1.12 bits per heavy atom. The van der Waals surface area contributed by atoms with E-state index in [1.165, 1.54) is 10.5 Å². The van der Waals surface area contributed by atoms with Crippen LogP contribution in [0.1, 0.15) is 5.56 Å². The maximum atomic E-state index is 3.44. The molecule has 0 saturated carbocycles. The molecule has 0 aliphatic carbocycles. The van der Waals surface area contributed by atoms with Gasteiger partial charge < -0.3 is 10.2 Å². The molecule has 0 radical (unpaired) electrons. The Morgan fingerprint density at radius 2 is 1.81 bits per heavy atom. The van der Waals surface area contributed by atoms with Crippen molar-refractivity contribution in [2.45, 2.75) is 11.8 Å². The molecule has 0 amide bonds. The van der Waals surface area contributed by atoms with E-state index in [4.69, 9.17) is 0 Å². The number of hydrogen-bond donors (Lipinski definition) is 1. The van der Waals surface area contributed by atoms with Crippen LogP contribution < -0.4 is 5.32 Å². The monoisotopic (exact) mass is 238 g/mol. The van der Waals surface area contributed by atoms with E-state index in [1.54, 1.807) is 0 Å². The van der Waals surface area contributed by atoms with E-state index in [0.29, 0.717) is 0 Å². The minimum atomic E-state index is 1.07. The van der Waals surface area contributed by atoms with Crippen molar-refractivity contribution in [2.75, 3.05) is 39.5 Å². The van der Waals surface area contributed by atoms with Crippen LogP contribution in [0.25, 0.3) is 0 Å². The predicted octanol–water partition coefficient (Wildman–Crippen LogP) is 2.24. The Bertz CT molecular complexity index is 282. The molecule has 1 N–H and O–H groups in total. The molecule has 0 fully saturated rings. The fourth-order valence-corrected chi connectivity index (χ4v) is 2.11. The summed E-state index contributed by atoms with van der Waals surface area (Å²) in [5.41, 5.74) is 1.33. The van der Waals surface area contributed by atoms with E-state index in [2.05, 4.69) is 55.5 Å². The third kappa shape index (κ3) is 6.16. The summed E-state index contributed by atoms with van der Waals surface area (Å²) >= 11 is 1.91. The van der Waals surface area contributed by atoms with Gasteiger partial charge in [0.1, 0.15) is 0 Å². The van der Waals surface area contributed by atoms with Crippen molar-refractivity contribution in [3.8, 4) is 0 Å². The number of thioether (sulfide) groups is 1. The fraction of sp³-hybridized carbons (Fsp3) is 0.538. The lowest BCUT2D eigenvalue weighted by Gasteiger charge is -2.10. The summed E-state index contributed by atoms with van der Waals surface area (Å²) in [5, 5.41) is 3.44. The zero-order chi connectivity index (χ0) is 11.8. The van der Waals surface area contributed by atoms with Gasteiger partial charge in [0.15, 0.2) is 0 Å². The molecule has 90 valence electrons. The summed E-state index contributed by atoms with van der Waals surface area (Å²) in [6.45, 7) is 5.38. The Balaban J connectivity index is 2.05. The Kier molecular flexibility index (Phi) is 6.53. The highest BCUT2D eigenvalue weighted by molar-refractivity contribution is 7.99. The van der Waals surface area contributed by atoms with Crippen molar-refractivity contribution >= 4 is 11.8 Å². The number of likely N-dealkylation sites (N-methyl/N-ethyl adjacent to an activating group) is 1. The molecule has 1 aromatic carbocycles. The van der Waals surface area contributed by atoms with Gasteiger partial charge in [0.05, 0.1) is 0 Å². The highest BCUT2D eigenvalue weighted by Crippen LogP contribution is 2.17. The highest BCUT2D eigenvalue weighted by Gasteiger charge is 1.94. The number of aryl methyl sites for hydroxylation is 1. The van der Waals surface area contributed by atoms with Gasteiger partial charge in [-0.3, -0.25) is 0 Å². The topological polar surface area (TPSA) is 15.3 Å². The lowest BCUT2D eigenvalue weighted by Crippen LogP contribution is -2.27. The first-order valence-electron chi connectivity index (χ1n) is 5.73. The number of benzene rings is 1. The van der Waals surface area contributed by atoms with E-state index < -0.39 is 0 Å². The molecule has 0 saturated heterocycles. The van der Waals surface area contributed by atoms with E-state index >= 15 is 0 Å². The van der Waals surface area contributed by atoms with E-state index in [-0.39, 0.29) is 0 Å². The van der Waals surface area contributed by atoms with Crippen LogP contribution in [0.15, 0.2) is 29.2 Å². The Morgan fingerprint density at radius 3 is 2.44 bits per heavy atom. The first-order valence-corrected chi connectivity index (χ1v) is 6.72. The van der Waals surface area contributed by atoms with Gasteiger partial charge in [0.25, 0.3) is 0 Å². The minimum absolute atomic E-state index is 1.07. The average molecular weight is 238 g/mol. The van der Waals surface area contributed by atoms with Crippen LogP contribution in [0.3, 0.4) is 0 Å². The Hall–Kier alpha value is -0.510. The molecule has 0 aromatic heterocycles. The summed E-state index contributed by atoms with van der Waals surface area (Å²) < 4.78 is 0. The standard InChI is InChI=1S/C13H22N2S/c1-12-4-6-13(7-5-12)16-11-9-14-8-10-15(2)3/h4-7,14H,8-11H2,1-3H3. The van der Waals surface area contributed by atoms with Gasteiger partial charge in [-0.05, 0) is 33.2 Å². The predicted molar refractivity (Wildman–Crippen MR) is 73.3 cm³/mol. The van der Waals surface area contributed by atoms with Crippen molar-refractivity contribution in [2.24, 2.45) is 0 Å². The third-order valence-corrected chi connectivity index (χ3v) is 3.32. The van der Waals surface area contributed by atoms with Crippen molar-refractivity contribution in [1.82, 2.24) is 10.2 Å². The molecule has 0 spiro atoms. The molecule has 3 heteroatoms. The molecule has 0 atom stereocenters. The molecule has 0 bridgehead atoms. The lowest BCUT2D eigenvalue weighted by atomic mass is 10.2. The van der Waals surface area contributed by atoms with Gasteiger partial charge >= 0.3 is 0 Å². The van der Waals surface area contributed by atoms with Gasteiger partial charge in [0.2, 0.25) is 0 Å². The fourth-order valence-electron chi connectivity index (χ4n) is 1.30. The van der Waals surface area contributed by atoms with Crippen LogP contribution in [0, 0.1) is 6.92 Å². The van der Waals surface area contributed by atoms with Crippen LogP contribution in [0.5, 0.6) is 0 Å². The first kappa shape index (κ1) is 13.6. The van der Waals surface area contributed by atoms with Crippen molar-refractivity contribution in [1.29, 1.82) is 0 Å². The molecule has 0 aliphatic heterocycles. The third-order valence-electron chi connectivity index (χ3n) is 2.30. The number of nitrogens with one attached hydrogen (secondary N) is 1. The van der Waals surface area contributed by atoms with Gasteiger partial charge in [-0.1, -0.05) is 17.7 Å². The molecule has 0 unspecified atom stereocenters. The minimum Gasteiger partial charge on any atom is -0.315 e. The smallest absolute Gasteiger partial charge is 0.0106 e. The van der Waals surface area contributed by atoms with Crippen molar-refractivity contribution < 1.29 is 0 Å². The molecule has 2 nitrogen and oxygen atoms in total. The SMILES string of the molecule is Cc1ccc(SCCNCCN(C)C)cc1. The van der Waals surface area contributed by atoms with Crippen LogP contribution in [-0.2, 0) is 0 Å². The molecular formula is C13H22N2S. The largest absolute Gasteiger partial charge is 0.315 e. The van der Waals surface area contributed by atoms with E-state index in [1.807, 2.05) is 11.8 Å². The second-order valence-electron chi connectivity index (χ2n) is 4.21. The van der Waals surface area contributed by atoms with Gasteiger partial charge in [0, 0.05) is 30.3 Å². The van der Waals surface area contributed by atoms with Crippen LogP contribution in [-0.4, -0.2) is 44.4 Å². The molecule has 1 rings (SSSR count). The summed E-state index contributed by atoms with van der Waals surface area (Å²) in [6, 6.07) is 8.73. The zero-order valence-corrected chi connectivity index (χ0v) is 11.3. The molecule has 1 aromatic rings. The van der Waals surface area contributed by atoms with Gasteiger partial charge in [-0.2, -0.15) is 0 Å². The summed E-state index contributed by atoms with van der Waals surface area (Å²) in [7, 11) is 4.20. The maximum Gasteiger partial charge on any atom is 0.0106 e. The summed E-state index contributed by atoms with van der Waals surface area (Å²) in [4.78, 5) is 3.56. The van der Waals surface area contributed by atoms with Gasteiger partial charge in [-0.25, -0.2) is 0 Å². The van der Waals surface area contributed by atoms with Crippen LogP contribution >= 0.6 is 11.8 Å². The first-order chi connectivity index (χ1) is 7.68. The van der Waals surface area contributed by atoms with Crippen molar-refractivity contribution in [3.05, 3.63) is 29.8 Å².